The smallest absolute Gasteiger partial charge is 0.243 e. The molecule has 1 aliphatic carbocycles. The predicted molar refractivity (Wildman–Crippen MR) is 111 cm³/mol. The molecule has 3 aromatic heterocycles. The van der Waals surface area contributed by atoms with Gasteiger partial charge in [-0.3, -0.25) is 4.68 Å². The molecule has 3 heterocycles. The van der Waals surface area contributed by atoms with Crippen LogP contribution in [0.1, 0.15) is 24.6 Å². The molecule has 1 N–H and O–H groups in total. The van der Waals surface area contributed by atoms with E-state index >= 15 is 0 Å². The second-order valence-corrected chi connectivity index (χ2v) is 7.59. The molecule has 1 atom stereocenters. The van der Waals surface area contributed by atoms with Crippen LogP contribution in [-0.2, 0) is 19.4 Å². The van der Waals surface area contributed by atoms with Crippen molar-refractivity contribution in [3.63, 3.8) is 0 Å². The fourth-order valence-electron chi connectivity index (χ4n) is 3.99. The van der Waals surface area contributed by atoms with Crippen LogP contribution in [0.5, 0.6) is 0 Å². The average molecular weight is 393 g/mol. The molecule has 1 aliphatic rings. The number of anilines is 1. The Labute approximate surface area is 168 Å². The van der Waals surface area contributed by atoms with Crippen molar-refractivity contribution in [2.45, 2.75) is 38.8 Å². The third-order valence-corrected chi connectivity index (χ3v) is 5.63. The van der Waals surface area contributed by atoms with Crippen molar-refractivity contribution in [1.82, 2.24) is 24.4 Å². The summed E-state index contributed by atoms with van der Waals surface area (Å²) in [7, 11) is 0. The first-order chi connectivity index (χ1) is 13.7. The summed E-state index contributed by atoms with van der Waals surface area (Å²) in [5.41, 5.74) is 5.64. The Kier molecular flexibility index (Phi) is 4.28. The molecule has 0 aliphatic heterocycles. The van der Waals surface area contributed by atoms with Crippen molar-refractivity contribution in [1.29, 1.82) is 0 Å². The molecule has 0 spiro atoms. The van der Waals surface area contributed by atoms with Crippen LogP contribution in [0.2, 0.25) is 5.02 Å². The molecule has 6 nitrogen and oxygen atoms in total. The van der Waals surface area contributed by atoms with E-state index in [0.29, 0.717) is 12.0 Å². The summed E-state index contributed by atoms with van der Waals surface area (Å²) in [6.45, 7) is 3.06. The zero-order valence-corrected chi connectivity index (χ0v) is 16.4. The van der Waals surface area contributed by atoms with Gasteiger partial charge >= 0.3 is 0 Å². The lowest BCUT2D eigenvalue weighted by Gasteiger charge is -2.23. The van der Waals surface area contributed by atoms with Crippen LogP contribution < -0.4 is 5.32 Å². The first-order valence-electron chi connectivity index (χ1n) is 9.62. The predicted octanol–water partition coefficient (Wildman–Crippen LogP) is 4.24. The number of pyridine rings is 1. The largest absolute Gasteiger partial charge is 0.350 e. The van der Waals surface area contributed by atoms with E-state index in [0.717, 1.165) is 47.6 Å². The van der Waals surface area contributed by atoms with Gasteiger partial charge in [0.05, 0.1) is 6.20 Å². The molecule has 0 fully saturated rings. The van der Waals surface area contributed by atoms with E-state index in [-0.39, 0.29) is 0 Å². The molecule has 1 unspecified atom stereocenters. The Bertz CT molecular complexity index is 1130. The van der Waals surface area contributed by atoms with Crippen molar-refractivity contribution in [3.05, 3.63) is 65.1 Å². The number of nitrogens with one attached hydrogen (secondary N) is 1. The number of rotatable bonds is 4. The maximum atomic E-state index is 6.03. The van der Waals surface area contributed by atoms with Crippen LogP contribution >= 0.6 is 11.6 Å². The van der Waals surface area contributed by atoms with E-state index < -0.39 is 0 Å². The molecule has 28 heavy (non-hydrogen) atoms. The van der Waals surface area contributed by atoms with Crippen LogP contribution in [-0.4, -0.2) is 30.4 Å². The molecule has 0 radical (unpaired) electrons. The van der Waals surface area contributed by atoms with Crippen molar-refractivity contribution < 1.29 is 0 Å². The standard InChI is InChI=1S/C21H21ClN6/c1-2-27-19-10-9-17(12-15(19)13-23-27)24-21-25-20-18(4-3-11-28(20)26-21)14-5-7-16(22)8-6-14/h3-8,11,13,17H,2,9-10,12H2,1H3,(H,24,26). The van der Waals surface area contributed by atoms with Gasteiger partial charge in [0.2, 0.25) is 5.95 Å². The Morgan fingerprint density at radius 2 is 2.07 bits per heavy atom. The molecule has 0 saturated heterocycles. The SMILES string of the molecule is CCn1ncc2c1CCC(Nc1nc3c(-c4ccc(Cl)cc4)cccn3n1)C2. The number of hydrogen-bond donors (Lipinski definition) is 1. The van der Waals surface area contributed by atoms with Crippen molar-refractivity contribution in [2.24, 2.45) is 0 Å². The topological polar surface area (TPSA) is 60.0 Å². The van der Waals surface area contributed by atoms with Crippen molar-refractivity contribution in [3.8, 4) is 11.1 Å². The molecule has 142 valence electrons. The summed E-state index contributed by atoms with van der Waals surface area (Å²) < 4.78 is 3.93. The third kappa shape index (κ3) is 3.03. The van der Waals surface area contributed by atoms with Gasteiger partial charge in [0.15, 0.2) is 5.65 Å². The van der Waals surface area contributed by atoms with Crippen LogP contribution in [0, 0.1) is 0 Å². The lowest BCUT2D eigenvalue weighted by atomic mass is 9.93. The minimum Gasteiger partial charge on any atom is -0.350 e. The van der Waals surface area contributed by atoms with Crippen molar-refractivity contribution >= 4 is 23.2 Å². The third-order valence-electron chi connectivity index (χ3n) is 5.38. The molecule has 1 aromatic carbocycles. The zero-order valence-electron chi connectivity index (χ0n) is 15.6. The number of hydrogen-bond acceptors (Lipinski definition) is 4. The average Bonchev–Trinajstić information content (AvgIpc) is 3.31. The Morgan fingerprint density at radius 3 is 2.89 bits per heavy atom. The lowest BCUT2D eigenvalue weighted by molar-refractivity contribution is 0.552. The monoisotopic (exact) mass is 392 g/mol. The number of benzene rings is 1. The summed E-state index contributed by atoms with van der Waals surface area (Å²) in [4.78, 5) is 4.77. The van der Waals surface area contributed by atoms with Gasteiger partial charge in [-0.05, 0) is 61.6 Å². The number of nitrogens with zero attached hydrogens (tertiary/aromatic N) is 5. The fraction of sp³-hybridized carbons (Fsp3) is 0.286. The quantitative estimate of drug-likeness (QED) is 0.564. The summed E-state index contributed by atoms with van der Waals surface area (Å²) in [5.74, 6) is 0.665. The highest BCUT2D eigenvalue weighted by Crippen LogP contribution is 2.27. The van der Waals surface area contributed by atoms with E-state index in [9.17, 15) is 0 Å². The van der Waals surface area contributed by atoms with Crippen LogP contribution in [0.4, 0.5) is 5.95 Å². The lowest BCUT2D eigenvalue weighted by Crippen LogP contribution is -2.28. The van der Waals surface area contributed by atoms with Gasteiger partial charge in [-0.2, -0.15) is 10.1 Å². The Hall–Kier alpha value is -2.86. The van der Waals surface area contributed by atoms with E-state index in [1.54, 1.807) is 0 Å². The highest BCUT2D eigenvalue weighted by molar-refractivity contribution is 6.30. The highest BCUT2D eigenvalue weighted by Gasteiger charge is 2.23. The minimum atomic E-state index is 0.318. The van der Waals surface area contributed by atoms with Gasteiger partial charge in [0, 0.05) is 35.1 Å². The molecular weight excluding hydrogens is 372 g/mol. The summed E-state index contributed by atoms with van der Waals surface area (Å²) >= 11 is 6.03. The maximum Gasteiger partial charge on any atom is 0.243 e. The van der Waals surface area contributed by atoms with Gasteiger partial charge in [0.1, 0.15) is 0 Å². The van der Waals surface area contributed by atoms with E-state index in [1.165, 1.54) is 11.3 Å². The van der Waals surface area contributed by atoms with E-state index in [4.69, 9.17) is 16.6 Å². The molecule has 0 bridgehead atoms. The first kappa shape index (κ1) is 17.3. The number of fused-ring (bicyclic) bond motifs is 2. The van der Waals surface area contributed by atoms with E-state index in [2.05, 4.69) is 33.2 Å². The van der Waals surface area contributed by atoms with Crippen LogP contribution in [0.3, 0.4) is 0 Å². The van der Waals surface area contributed by atoms with E-state index in [1.807, 2.05) is 47.2 Å². The Balaban J connectivity index is 1.41. The fourth-order valence-corrected chi connectivity index (χ4v) is 4.11. The van der Waals surface area contributed by atoms with Gasteiger partial charge in [-0.15, -0.1) is 5.10 Å². The van der Waals surface area contributed by atoms with Crippen LogP contribution in [0.15, 0.2) is 48.8 Å². The first-order valence-corrected chi connectivity index (χ1v) is 10.0. The normalized spacial score (nSPS) is 16.3. The molecule has 4 aromatic rings. The summed E-state index contributed by atoms with van der Waals surface area (Å²) in [6, 6.07) is 12.2. The van der Waals surface area contributed by atoms with Crippen molar-refractivity contribution in [2.75, 3.05) is 5.32 Å². The van der Waals surface area contributed by atoms with Gasteiger partial charge in [-0.1, -0.05) is 23.7 Å². The molecular formula is C21H21ClN6. The molecule has 0 amide bonds. The van der Waals surface area contributed by atoms with Gasteiger partial charge in [0.25, 0.3) is 0 Å². The number of halogens is 1. The molecule has 0 saturated carbocycles. The Morgan fingerprint density at radius 1 is 1.21 bits per heavy atom. The summed E-state index contributed by atoms with van der Waals surface area (Å²) in [5, 5.41) is 13.4. The van der Waals surface area contributed by atoms with Crippen LogP contribution in [0.25, 0.3) is 16.8 Å². The number of aryl methyl sites for hydroxylation is 1. The number of aromatic nitrogens is 5. The second kappa shape index (κ2) is 6.95. The highest BCUT2D eigenvalue weighted by atomic mass is 35.5. The maximum absolute atomic E-state index is 6.03. The minimum absolute atomic E-state index is 0.318. The molecule has 7 heteroatoms. The molecule has 5 rings (SSSR count). The second-order valence-electron chi connectivity index (χ2n) is 7.15. The van der Waals surface area contributed by atoms with Gasteiger partial charge in [-0.25, -0.2) is 4.52 Å². The zero-order chi connectivity index (χ0) is 19.1. The summed E-state index contributed by atoms with van der Waals surface area (Å²) in [6.07, 6.45) is 6.97. The van der Waals surface area contributed by atoms with Gasteiger partial charge < -0.3 is 5.32 Å².